The molecule has 2 N–H and O–H groups in total. The first-order chi connectivity index (χ1) is 17.0. The lowest BCUT2D eigenvalue weighted by molar-refractivity contribution is -0.386. The number of rotatable bonds is 9. The summed E-state index contributed by atoms with van der Waals surface area (Å²) in [5.41, 5.74) is 1.55. The number of ether oxygens (including phenoxy) is 2. The predicted molar refractivity (Wildman–Crippen MR) is 133 cm³/mol. The Morgan fingerprint density at radius 2 is 1.67 bits per heavy atom. The number of carbonyl (C=O) groups is 2. The van der Waals surface area contributed by atoms with Crippen LogP contribution in [0.2, 0.25) is 5.02 Å². The van der Waals surface area contributed by atoms with E-state index < -0.39 is 27.9 Å². The monoisotopic (exact) mass is 511 g/mol. The van der Waals surface area contributed by atoms with Gasteiger partial charge in [-0.25, -0.2) is 5.43 Å². The number of hydrogen-bond acceptors (Lipinski definition) is 8. The summed E-state index contributed by atoms with van der Waals surface area (Å²) in [7, 11) is 1.25. The van der Waals surface area contributed by atoms with Crippen LogP contribution in [-0.4, -0.2) is 40.6 Å². The van der Waals surface area contributed by atoms with E-state index in [-0.39, 0.29) is 17.1 Å². The summed E-state index contributed by atoms with van der Waals surface area (Å²) in [6.45, 7) is 3.05. The van der Waals surface area contributed by atoms with Crippen LogP contribution in [0.15, 0.2) is 65.8 Å². The van der Waals surface area contributed by atoms with Gasteiger partial charge >= 0.3 is 5.69 Å². The van der Waals surface area contributed by atoms with E-state index in [1.165, 1.54) is 33.2 Å². The van der Waals surface area contributed by atoms with E-state index in [9.17, 15) is 24.8 Å². The van der Waals surface area contributed by atoms with E-state index in [4.69, 9.17) is 21.1 Å². The van der Waals surface area contributed by atoms with Crippen molar-refractivity contribution in [2.75, 3.05) is 7.11 Å². The van der Waals surface area contributed by atoms with Gasteiger partial charge in [-0.3, -0.25) is 19.7 Å². The molecule has 1 amide bonds. The van der Waals surface area contributed by atoms with Crippen molar-refractivity contribution >= 4 is 35.2 Å². The molecule has 11 heteroatoms. The molecule has 186 valence electrons. The minimum absolute atomic E-state index is 0.112. The Morgan fingerprint density at radius 1 is 1.08 bits per heavy atom. The number of aromatic hydroxyl groups is 1. The first-order valence-electron chi connectivity index (χ1n) is 10.5. The van der Waals surface area contributed by atoms with E-state index in [0.717, 1.165) is 6.07 Å². The normalized spacial score (nSPS) is 11.2. The van der Waals surface area contributed by atoms with Gasteiger partial charge in [-0.15, -0.1) is 0 Å². The molecule has 0 saturated carbocycles. The van der Waals surface area contributed by atoms with Crippen molar-refractivity contribution in [2.24, 2.45) is 5.10 Å². The number of nitro groups is 1. The number of hydrogen-bond donors (Lipinski definition) is 2. The number of phenolic OH excluding ortho intramolecular Hbond substituents is 1. The Bertz CT molecular complexity index is 1320. The molecule has 0 atom stereocenters. The maximum atomic E-state index is 12.6. The highest BCUT2D eigenvalue weighted by atomic mass is 35.5. The van der Waals surface area contributed by atoms with Crippen molar-refractivity contribution in [1.82, 2.24) is 5.43 Å². The van der Waals surface area contributed by atoms with Crippen molar-refractivity contribution in [3.63, 3.8) is 0 Å². The van der Waals surface area contributed by atoms with E-state index in [0.29, 0.717) is 21.9 Å². The molecule has 3 aromatic rings. The van der Waals surface area contributed by atoms with Crippen molar-refractivity contribution in [3.8, 4) is 17.2 Å². The number of nitro benzene ring substituents is 1. The fraction of sp³-hybridized carbons (Fsp3) is 0.160. The minimum atomic E-state index is -1.35. The third-order valence-electron chi connectivity index (χ3n) is 5.02. The molecule has 0 heterocycles. The average Bonchev–Trinajstić information content (AvgIpc) is 2.84. The van der Waals surface area contributed by atoms with Crippen LogP contribution in [0, 0.1) is 10.1 Å². The lowest BCUT2D eigenvalue weighted by atomic mass is 10.0. The lowest BCUT2D eigenvalue weighted by Gasteiger charge is -2.24. The Labute approximate surface area is 211 Å². The van der Waals surface area contributed by atoms with E-state index >= 15 is 0 Å². The van der Waals surface area contributed by atoms with Gasteiger partial charge in [0.05, 0.1) is 18.2 Å². The molecule has 0 bridgehead atoms. The Balaban J connectivity index is 1.66. The number of hydrazone groups is 1. The molecule has 3 rings (SSSR count). The Kier molecular flexibility index (Phi) is 7.90. The lowest BCUT2D eigenvalue weighted by Crippen LogP contribution is -2.44. The zero-order chi connectivity index (χ0) is 26.5. The molecule has 10 nitrogen and oxygen atoms in total. The SMILES string of the molecule is COc1cc(/C=N/NC(=O)C(C)(C)Oc2ccc(C(=O)c3ccc(Cl)cc3)cc2)cc([N+](=O)[O-])c1O. The summed E-state index contributed by atoms with van der Waals surface area (Å²) in [5, 5.41) is 25.3. The number of nitrogens with one attached hydrogen (secondary N) is 1. The van der Waals surface area contributed by atoms with Crippen molar-refractivity contribution in [2.45, 2.75) is 19.4 Å². The van der Waals surface area contributed by atoms with Gasteiger partial charge in [0.2, 0.25) is 5.75 Å². The standard InChI is InChI=1S/C25H22ClN3O7/c1-25(2,24(32)28-27-14-15-12-20(29(33)34)23(31)21(13-15)35-3)36-19-10-6-17(7-11-19)22(30)16-4-8-18(26)9-5-16/h4-14,31H,1-3H3,(H,28,32)/b27-14+. The summed E-state index contributed by atoms with van der Waals surface area (Å²) in [4.78, 5) is 35.5. The number of methoxy groups -OCH3 is 1. The molecule has 0 aliphatic rings. The zero-order valence-electron chi connectivity index (χ0n) is 19.5. The summed E-state index contributed by atoms with van der Waals surface area (Å²) < 4.78 is 10.7. The molecule has 0 radical (unpaired) electrons. The largest absolute Gasteiger partial charge is 0.500 e. The summed E-state index contributed by atoms with van der Waals surface area (Å²) in [6.07, 6.45) is 1.17. The maximum absolute atomic E-state index is 12.6. The second kappa shape index (κ2) is 10.9. The quantitative estimate of drug-likeness (QED) is 0.186. The van der Waals surface area contributed by atoms with Gasteiger partial charge < -0.3 is 14.6 Å². The Hall–Kier alpha value is -4.44. The molecule has 0 unspecified atom stereocenters. The van der Waals surface area contributed by atoms with Crippen LogP contribution in [0.3, 0.4) is 0 Å². The molecular formula is C25H22ClN3O7. The number of nitrogens with zero attached hydrogens (tertiary/aromatic N) is 2. The van der Waals surface area contributed by atoms with E-state index in [1.54, 1.807) is 48.5 Å². The van der Waals surface area contributed by atoms with Crippen LogP contribution < -0.4 is 14.9 Å². The minimum Gasteiger partial charge on any atom is -0.500 e. The van der Waals surface area contributed by atoms with Gasteiger partial charge in [0.1, 0.15) is 5.75 Å². The highest BCUT2D eigenvalue weighted by Gasteiger charge is 2.30. The molecule has 3 aromatic carbocycles. The fourth-order valence-corrected chi connectivity index (χ4v) is 3.19. The van der Waals surface area contributed by atoms with Crippen LogP contribution in [0.4, 0.5) is 5.69 Å². The summed E-state index contributed by atoms with van der Waals surface area (Å²) in [5.74, 6) is -1.15. The van der Waals surface area contributed by atoms with Crippen molar-refractivity contribution < 1.29 is 29.1 Å². The zero-order valence-corrected chi connectivity index (χ0v) is 20.3. The van der Waals surface area contributed by atoms with E-state index in [2.05, 4.69) is 10.5 Å². The van der Waals surface area contributed by atoms with Crippen LogP contribution in [-0.2, 0) is 4.79 Å². The average molecular weight is 512 g/mol. The number of halogens is 1. The molecule has 0 aliphatic carbocycles. The van der Waals surface area contributed by atoms with Crippen molar-refractivity contribution in [1.29, 1.82) is 0 Å². The van der Waals surface area contributed by atoms with Crippen molar-refractivity contribution in [3.05, 3.63) is 92.5 Å². The number of phenols is 1. The third kappa shape index (κ3) is 6.16. The van der Waals surface area contributed by atoms with Gasteiger partial charge in [0, 0.05) is 27.8 Å². The highest BCUT2D eigenvalue weighted by Crippen LogP contribution is 2.36. The van der Waals surface area contributed by atoms with Gasteiger partial charge in [-0.05, 0) is 68.4 Å². The molecule has 0 saturated heterocycles. The van der Waals surface area contributed by atoms with Crippen LogP contribution in [0.25, 0.3) is 0 Å². The third-order valence-corrected chi connectivity index (χ3v) is 5.27. The van der Waals surface area contributed by atoms with Gasteiger partial charge in [0.25, 0.3) is 5.91 Å². The topological polar surface area (TPSA) is 140 Å². The number of ketones is 1. The van der Waals surface area contributed by atoms with Crippen LogP contribution in [0.1, 0.15) is 35.3 Å². The van der Waals surface area contributed by atoms with Gasteiger partial charge in [-0.2, -0.15) is 5.10 Å². The summed E-state index contributed by atoms with van der Waals surface area (Å²) in [6, 6.07) is 15.3. The second-order valence-corrected chi connectivity index (χ2v) is 8.46. The van der Waals surface area contributed by atoms with Gasteiger partial charge in [0.15, 0.2) is 17.1 Å². The number of amides is 1. The highest BCUT2D eigenvalue weighted by molar-refractivity contribution is 6.30. The second-order valence-electron chi connectivity index (χ2n) is 8.02. The first-order valence-corrected chi connectivity index (χ1v) is 10.9. The molecular weight excluding hydrogens is 490 g/mol. The smallest absolute Gasteiger partial charge is 0.315 e. The van der Waals surface area contributed by atoms with Crippen LogP contribution >= 0.6 is 11.6 Å². The predicted octanol–water partition coefficient (Wildman–Crippen LogP) is 4.50. The van der Waals surface area contributed by atoms with E-state index in [1.807, 2.05) is 0 Å². The first kappa shape index (κ1) is 26.2. The molecule has 0 aliphatic heterocycles. The number of carbonyl (C=O) groups excluding carboxylic acids is 2. The van der Waals surface area contributed by atoms with Gasteiger partial charge in [-0.1, -0.05) is 11.6 Å². The number of benzene rings is 3. The molecule has 0 aromatic heterocycles. The molecule has 36 heavy (non-hydrogen) atoms. The summed E-state index contributed by atoms with van der Waals surface area (Å²) >= 11 is 5.86. The fourth-order valence-electron chi connectivity index (χ4n) is 3.07. The molecule has 0 spiro atoms. The maximum Gasteiger partial charge on any atom is 0.315 e. The Morgan fingerprint density at radius 3 is 2.22 bits per heavy atom. The molecule has 0 fully saturated rings. The van der Waals surface area contributed by atoms with Crippen LogP contribution in [0.5, 0.6) is 17.2 Å².